The number of carbonyl (C=O) groups is 2. The average molecular weight is 532 g/mol. The van der Waals surface area contributed by atoms with Crippen LogP contribution < -0.4 is 15.5 Å². The van der Waals surface area contributed by atoms with Crippen molar-refractivity contribution in [2.75, 3.05) is 10.2 Å². The number of benzene rings is 3. The molecule has 37 heavy (non-hydrogen) atoms. The maximum atomic E-state index is 14.3. The van der Waals surface area contributed by atoms with Crippen molar-refractivity contribution in [1.82, 2.24) is 5.32 Å². The van der Waals surface area contributed by atoms with E-state index in [-0.39, 0.29) is 22.7 Å². The zero-order chi connectivity index (χ0) is 26.3. The lowest BCUT2D eigenvalue weighted by Crippen LogP contribution is -2.55. The van der Waals surface area contributed by atoms with Crippen LogP contribution in [0.25, 0.3) is 0 Å². The first kappa shape index (κ1) is 25.1. The van der Waals surface area contributed by atoms with E-state index in [0.29, 0.717) is 6.07 Å². The lowest BCUT2D eigenvalue weighted by Gasteiger charge is -2.38. The van der Waals surface area contributed by atoms with Gasteiger partial charge in [-0.15, -0.1) is 0 Å². The van der Waals surface area contributed by atoms with E-state index in [9.17, 15) is 27.2 Å². The number of hydrogen-bond acceptors (Lipinski definition) is 3. The van der Waals surface area contributed by atoms with Crippen LogP contribution in [-0.2, 0) is 16.0 Å². The number of nitrogens with zero attached hydrogens (tertiary/aromatic N) is 1. The summed E-state index contributed by atoms with van der Waals surface area (Å²) in [5.74, 6) is -6.22. The highest BCUT2D eigenvalue weighted by molar-refractivity contribution is 6.31. The molecule has 1 heterocycles. The largest absolute Gasteiger partial charge is 0.373 e. The van der Waals surface area contributed by atoms with Crippen LogP contribution in [0.2, 0.25) is 5.02 Å². The molecule has 192 valence electrons. The average Bonchev–Trinajstić information content (AvgIpc) is 3.25. The molecule has 1 fully saturated rings. The van der Waals surface area contributed by atoms with Crippen LogP contribution in [0.3, 0.4) is 0 Å². The Morgan fingerprint density at radius 3 is 2.30 bits per heavy atom. The first-order chi connectivity index (χ1) is 17.6. The highest BCUT2D eigenvalue weighted by Crippen LogP contribution is 2.39. The van der Waals surface area contributed by atoms with Gasteiger partial charge in [0.15, 0.2) is 0 Å². The molecule has 1 aliphatic heterocycles. The summed E-state index contributed by atoms with van der Waals surface area (Å²) in [5.41, 5.74) is 1.56. The van der Waals surface area contributed by atoms with E-state index in [2.05, 4.69) is 10.6 Å². The van der Waals surface area contributed by atoms with Gasteiger partial charge in [-0.3, -0.25) is 14.5 Å². The van der Waals surface area contributed by atoms with Gasteiger partial charge >= 0.3 is 0 Å². The molecular formula is C27H22ClF4N3O2. The highest BCUT2D eigenvalue weighted by Gasteiger charge is 2.47. The van der Waals surface area contributed by atoms with E-state index < -0.39 is 60.3 Å². The fraction of sp³-hybridized carbons (Fsp3) is 0.259. The summed E-state index contributed by atoms with van der Waals surface area (Å²) in [6.45, 7) is 0. The van der Waals surface area contributed by atoms with Crippen molar-refractivity contribution in [3.8, 4) is 0 Å². The van der Waals surface area contributed by atoms with Gasteiger partial charge in [-0.1, -0.05) is 48.0 Å². The summed E-state index contributed by atoms with van der Waals surface area (Å²) in [6.07, 6.45) is -0.818. The Morgan fingerprint density at radius 2 is 1.65 bits per heavy atom. The van der Waals surface area contributed by atoms with Gasteiger partial charge in [-0.05, 0) is 29.8 Å². The van der Waals surface area contributed by atoms with Gasteiger partial charge in [-0.25, -0.2) is 17.6 Å². The van der Waals surface area contributed by atoms with E-state index in [1.807, 2.05) is 12.1 Å². The zero-order valence-electron chi connectivity index (χ0n) is 19.4. The number of hydrogen-bond donors (Lipinski definition) is 2. The fourth-order valence-electron chi connectivity index (χ4n) is 4.83. The molecule has 0 radical (unpaired) electrons. The van der Waals surface area contributed by atoms with Gasteiger partial charge in [0, 0.05) is 47.6 Å². The van der Waals surface area contributed by atoms with Crippen LogP contribution in [0, 0.1) is 11.6 Å². The quantitative estimate of drug-likeness (QED) is 0.405. The Hall–Kier alpha value is -3.59. The summed E-state index contributed by atoms with van der Waals surface area (Å²) < 4.78 is 55.6. The second-order valence-electron chi connectivity index (χ2n) is 9.29. The minimum Gasteiger partial charge on any atom is -0.373 e. The minimum atomic E-state index is -2.89. The second kappa shape index (κ2) is 9.70. The van der Waals surface area contributed by atoms with E-state index in [1.54, 1.807) is 24.3 Å². The van der Waals surface area contributed by atoms with Crippen LogP contribution in [0.4, 0.5) is 28.9 Å². The molecule has 5 rings (SSSR count). The molecule has 1 aliphatic carbocycles. The van der Waals surface area contributed by atoms with E-state index >= 15 is 0 Å². The van der Waals surface area contributed by atoms with Crippen molar-refractivity contribution >= 4 is 34.8 Å². The third-order valence-electron chi connectivity index (χ3n) is 6.57. The molecule has 1 unspecified atom stereocenters. The van der Waals surface area contributed by atoms with E-state index in [0.717, 1.165) is 28.3 Å². The lowest BCUT2D eigenvalue weighted by atomic mass is 9.87. The van der Waals surface area contributed by atoms with Gasteiger partial charge in [0.1, 0.15) is 23.7 Å². The summed E-state index contributed by atoms with van der Waals surface area (Å²) in [7, 11) is 0. The molecule has 3 aromatic carbocycles. The van der Waals surface area contributed by atoms with Gasteiger partial charge in [0.25, 0.3) is 11.8 Å². The minimum absolute atomic E-state index is 0.124. The van der Waals surface area contributed by atoms with E-state index in [1.165, 1.54) is 12.1 Å². The van der Waals surface area contributed by atoms with Crippen molar-refractivity contribution in [1.29, 1.82) is 0 Å². The Labute approximate surface area is 215 Å². The second-order valence-corrected chi connectivity index (χ2v) is 9.70. The molecule has 2 aliphatic rings. The highest BCUT2D eigenvalue weighted by atomic mass is 35.5. The van der Waals surface area contributed by atoms with Crippen molar-refractivity contribution in [3.05, 3.63) is 94.5 Å². The normalized spacial score (nSPS) is 18.8. The zero-order valence-corrected chi connectivity index (χ0v) is 20.1. The first-order valence-electron chi connectivity index (χ1n) is 11.7. The predicted molar refractivity (Wildman–Crippen MR) is 132 cm³/mol. The van der Waals surface area contributed by atoms with Crippen molar-refractivity contribution in [2.45, 2.75) is 43.3 Å². The number of fused-ring (bicyclic) bond motifs is 1. The predicted octanol–water partition coefficient (Wildman–Crippen LogP) is 5.64. The van der Waals surface area contributed by atoms with Crippen LogP contribution in [0.1, 0.15) is 30.0 Å². The van der Waals surface area contributed by atoms with Crippen LogP contribution in [0.5, 0.6) is 0 Å². The SMILES string of the molecule is O=C(NC1CC(F)(F)C1)[C@@H](c1ccccc1Cl)N(C(=O)C1Cc2ccccc2N1)c1cc(F)cc(F)c1. The number of amides is 2. The Kier molecular flexibility index (Phi) is 6.58. The fourth-order valence-corrected chi connectivity index (χ4v) is 5.07. The number of halogens is 5. The number of nitrogens with one attached hydrogen (secondary N) is 2. The smallest absolute Gasteiger partial charge is 0.252 e. The number of rotatable bonds is 6. The Morgan fingerprint density at radius 1 is 1.00 bits per heavy atom. The summed E-state index contributed by atoms with van der Waals surface area (Å²) >= 11 is 6.42. The standard InChI is InChI=1S/C27H22ClF4N3O2/c28-21-7-3-2-6-20(21)24(25(36)33-18-13-27(31,32)14-18)35(19-11-16(29)10-17(30)12-19)26(37)23-9-15-5-1-4-8-22(15)34-23/h1-8,10-12,18,23-24,34H,9,13-14H2,(H,33,36)/t23?,24-/m1/s1. The van der Waals surface area contributed by atoms with Gasteiger partial charge in [0.2, 0.25) is 5.91 Å². The number of alkyl halides is 2. The van der Waals surface area contributed by atoms with Crippen molar-refractivity contribution in [2.24, 2.45) is 0 Å². The number of para-hydroxylation sites is 1. The van der Waals surface area contributed by atoms with Crippen molar-refractivity contribution in [3.63, 3.8) is 0 Å². The Balaban J connectivity index is 1.58. The molecule has 0 saturated heterocycles. The van der Waals surface area contributed by atoms with Crippen LogP contribution in [-0.4, -0.2) is 29.8 Å². The summed E-state index contributed by atoms with van der Waals surface area (Å²) in [6, 6.07) is 12.9. The molecule has 0 bridgehead atoms. The summed E-state index contributed by atoms with van der Waals surface area (Å²) in [4.78, 5) is 28.6. The molecule has 5 nitrogen and oxygen atoms in total. The molecule has 0 spiro atoms. The maximum absolute atomic E-state index is 14.3. The van der Waals surface area contributed by atoms with Crippen LogP contribution in [0.15, 0.2) is 66.7 Å². The van der Waals surface area contributed by atoms with Gasteiger partial charge in [0.05, 0.1) is 5.69 Å². The molecular weight excluding hydrogens is 510 g/mol. The lowest BCUT2D eigenvalue weighted by molar-refractivity contribution is -0.132. The maximum Gasteiger partial charge on any atom is 0.252 e. The number of carbonyl (C=O) groups excluding carboxylic acids is 2. The third kappa shape index (κ3) is 5.13. The molecule has 2 amide bonds. The molecule has 0 aromatic heterocycles. The topological polar surface area (TPSA) is 61.4 Å². The monoisotopic (exact) mass is 531 g/mol. The van der Waals surface area contributed by atoms with Crippen molar-refractivity contribution < 1.29 is 27.2 Å². The number of anilines is 2. The Bertz CT molecular complexity index is 1320. The van der Waals surface area contributed by atoms with Crippen LogP contribution >= 0.6 is 11.6 Å². The van der Waals surface area contributed by atoms with Gasteiger partial charge in [-0.2, -0.15) is 0 Å². The summed E-state index contributed by atoms with van der Waals surface area (Å²) in [5, 5.41) is 5.79. The molecule has 3 aromatic rings. The molecule has 1 saturated carbocycles. The molecule has 10 heteroatoms. The van der Waals surface area contributed by atoms with E-state index in [4.69, 9.17) is 11.6 Å². The third-order valence-corrected chi connectivity index (χ3v) is 6.92. The molecule has 2 atom stereocenters. The molecule has 2 N–H and O–H groups in total. The van der Waals surface area contributed by atoms with Gasteiger partial charge < -0.3 is 10.6 Å². The first-order valence-corrected chi connectivity index (χ1v) is 12.1.